The quantitative estimate of drug-likeness (QED) is 0.817. The van der Waals surface area contributed by atoms with E-state index in [-0.39, 0.29) is 0 Å². The molecule has 19 heavy (non-hydrogen) atoms. The predicted molar refractivity (Wildman–Crippen MR) is 79.1 cm³/mol. The Labute approximate surface area is 117 Å². The molecule has 0 radical (unpaired) electrons. The van der Waals surface area contributed by atoms with Crippen LogP contribution in [0.15, 0.2) is 18.7 Å². The molecule has 1 atom stereocenters. The zero-order chi connectivity index (χ0) is 13.5. The molecular formula is C15H28N4. The molecule has 4 nitrogen and oxygen atoms in total. The van der Waals surface area contributed by atoms with Gasteiger partial charge in [0.15, 0.2) is 0 Å². The van der Waals surface area contributed by atoms with Gasteiger partial charge in [0.2, 0.25) is 0 Å². The topological polar surface area (TPSA) is 33.1 Å². The molecule has 1 N–H and O–H groups in total. The Morgan fingerprint density at radius 3 is 2.95 bits per heavy atom. The Balaban J connectivity index is 1.75. The van der Waals surface area contributed by atoms with E-state index in [0.717, 1.165) is 38.1 Å². The lowest BCUT2D eigenvalue weighted by Gasteiger charge is -2.36. The van der Waals surface area contributed by atoms with Crippen molar-refractivity contribution in [2.75, 3.05) is 26.2 Å². The Morgan fingerprint density at radius 2 is 2.21 bits per heavy atom. The maximum atomic E-state index is 4.11. The van der Waals surface area contributed by atoms with Gasteiger partial charge in [0.25, 0.3) is 0 Å². The molecule has 0 aromatic carbocycles. The Hall–Kier alpha value is -0.870. The van der Waals surface area contributed by atoms with Crippen molar-refractivity contribution in [2.24, 2.45) is 5.92 Å². The molecule has 108 valence electrons. The largest absolute Gasteiger partial charge is 0.336 e. The number of aromatic nitrogens is 2. The van der Waals surface area contributed by atoms with E-state index in [0.29, 0.717) is 0 Å². The first kappa shape index (κ1) is 14.5. The van der Waals surface area contributed by atoms with Crippen molar-refractivity contribution in [1.29, 1.82) is 0 Å². The SMILES string of the molecule is CC(C)CNCC1CCCCN1CCn1ccnc1. The lowest BCUT2D eigenvalue weighted by atomic mass is 10.0. The van der Waals surface area contributed by atoms with Crippen LogP contribution in [0.2, 0.25) is 0 Å². The molecule has 0 aliphatic carbocycles. The van der Waals surface area contributed by atoms with E-state index in [9.17, 15) is 0 Å². The summed E-state index contributed by atoms with van der Waals surface area (Å²) in [6.45, 7) is 10.3. The first-order chi connectivity index (χ1) is 9.25. The monoisotopic (exact) mass is 264 g/mol. The highest BCUT2D eigenvalue weighted by molar-refractivity contribution is 4.80. The zero-order valence-electron chi connectivity index (χ0n) is 12.4. The van der Waals surface area contributed by atoms with Gasteiger partial charge in [-0.1, -0.05) is 20.3 Å². The molecule has 0 amide bonds. The molecule has 1 aliphatic rings. The highest BCUT2D eigenvalue weighted by Crippen LogP contribution is 2.16. The molecule has 0 bridgehead atoms. The fourth-order valence-electron chi connectivity index (χ4n) is 2.79. The van der Waals surface area contributed by atoms with Crippen LogP contribution in [0, 0.1) is 5.92 Å². The number of hydrogen-bond donors (Lipinski definition) is 1. The van der Waals surface area contributed by atoms with E-state index in [1.165, 1.54) is 25.8 Å². The van der Waals surface area contributed by atoms with Crippen molar-refractivity contribution >= 4 is 0 Å². The first-order valence-corrected chi connectivity index (χ1v) is 7.66. The van der Waals surface area contributed by atoms with Gasteiger partial charge in [-0.25, -0.2) is 4.98 Å². The molecule has 0 spiro atoms. The van der Waals surface area contributed by atoms with Gasteiger partial charge in [-0.05, 0) is 31.8 Å². The lowest BCUT2D eigenvalue weighted by molar-refractivity contribution is 0.139. The van der Waals surface area contributed by atoms with Gasteiger partial charge < -0.3 is 9.88 Å². The second-order valence-electron chi connectivity index (χ2n) is 6.04. The van der Waals surface area contributed by atoms with E-state index in [1.54, 1.807) is 0 Å². The normalized spacial score (nSPS) is 21.1. The first-order valence-electron chi connectivity index (χ1n) is 7.66. The highest BCUT2D eigenvalue weighted by Gasteiger charge is 2.21. The van der Waals surface area contributed by atoms with Crippen molar-refractivity contribution in [2.45, 2.75) is 45.7 Å². The number of piperidine rings is 1. The molecule has 1 saturated heterocycles. The lowest BCUT2D eigenvalue weighted by Crippen LogP contribution is -2.47. The van der Waals surface area contributed by atoms with Crippen LogP contribution >= 0.6 is 0 Å². The summed E-state index contributed by atoms with van der Waals surface area (Å²) < 4.78 is 2.17. The third-order valence-corrected chi connectivity index (χ3v) is 3.89. The third kappa shape index (κ3) is 4.96. The average Bonchev–Trinajstić information content (AvgIpc) is 2.90. The summed E-state index contributed by atoms with van der Waals surface area (Å²) in [7, 11) is 0. The van der Waals surface area contributed by atoms with E-state index in [4.69, 9.17) is 0 Å². The molecule has 4 heteroatoms. The van der Waals surface area contributed by atoms with Crippen LogP contribution in [0.25, 0.3) is 0 Å². The summed E-state index contributed by atoms with van der Waals surface area (Å²) in [6, 6.07) is 0.719. The Kier molecular flexibility index (Phi) is 5.86. The van der Waals surface area contributed by atoms with Crippen molar-refractivity contribution in [3.63, 3.8) is 0 Å². The van der Waals surface area contributed by atoms with Crippen molar-refractivity contribution < 1.29 is 0 Å². The number of hydrogen-bond acceptors (Lipinski definition) is 3. The standard InChI is InChI=1S/C15H28N4/c1-14(2)11-17-12-15-5-3-4-7-19(15)10-9-18-8-6-16-13-18/h6,8,13-15,17H,3-5,7,9-12H2,1-2H3. The maximum Gasteiger partial charge on any atom is 0.0946 e. The maximum absolute atomic E-state index is 4.11. The smallest absolute Gasteiger partial charge is 0.0946 e. The van der Waals surface area contributed by atoms with Gasteiger partial charge in [0.05, 0.1) is 6.33 Å². The molecule has 1 unspecified atom stereocenters. The minimum atomic E-state index is 0.719. The number of nitrogens with one attached hydrogen (secondary N) is 1. The second kappa shape index (κ2) is 7.65. The minimum Gasteiger partial charge on any atom is -0.336 e. The van der Waals surface area contributed by atoms with Crippen LogP contribution in [0.1, 0.15) is 33.1 Å². The van der Waals surface area contributed by atoms with E-state index < -0.39 is 0 Å². The number of nitrogens with zero attached hydrogens (tertiary/aromatic N) is 3. The minimum absolute atomic E-state index is 0.719. The summed E-state index contributed by atoms with van der Waals surface area (Å²) in [6.07, 6.45) is 9.90. The second-order valence-corrected chi connectivity index (χ2v) is 6.04. The molecule has 0 saturated carbocycles. The van der Waals surface area contributed by atoms with Crippen molar-refractivity contribution in [1.82, 2.24) is 19.8 Å². The van der Waals surface area contributed by atoms with Crippen LogP contribution in [0.4, 0.5) is 0 Å². The van der Waals surface area contributed by atoms with Gasteiger partial charge >= 0.3 is 0 Å². The van der Waals surface area contributed by atoms with Gasteiger partial charge in [0.1, 0.15) is 0 Å². The number of rotatable bonds is 7. The fourth-order valence-corrected chi connectivity index (χ4v) is 2.79. The Bertz CT molecular complexity index is 334. The summed E-state index contributed by atoms with van der Waals surface area (Å²) >= 11 is 0. The van der Waals surface area contributed by atoms with Crippen molar-refractivity contribution in [3.8, 4) is 0 Å². The van der Waals surface area contributed by atoms with Gasteiger partial charge in [-0.2, -0.15) is 0 Å². The van der Waals surface area contributed by atoms with Crippen LogP contribution < -0.4 is 5.32 Å². The fraction of sp³-hybridized carbons (Fsp3) is 0.800. The average molecular weight is 264 g/mol. The number of likely N-dealkylation sites (tertiary alicyclic amines) is 1. The third-order valence-electron chi connectivity index (χ3n) is 3.89. The van der Waals surface area contributed by atoms with Crippen LogP contribution in [0.3, 0.4) is 0 Å². The summed E-state index contributed by atoms with van der Waals surface area (Å²) in [5.74, 6) is 0.739. The van der Waals surface area contributed by atoms with Gasteiger partial charge in [-0.15, -0.1) is 0 Å². The summed E-state index contributed by atoms with van der Waals surface area (Å²) in [4.78, 5) is 6.76. The van der Waals surface area contributed by atoms with Crippen LogP contribution in [0.5, 0.6) is 0 Å². The molecular weight excluding hydrogens is 236 g/mol. The summed E-state index contributed by atoms with van der Waals surface area (Å²) in [5, 5.41) is 3.62. The van der Waals surface area contributed by atoms with Crippen LogP contribution in [-0.4, -0.2) is 46.7 Å². The molecule has 1 aliphatic heterocycles. The molecule has 2 heterocycles. The van der Waals surface area contributed by atoms with E-state index in [2.05, 4.69) is 39.8 Å². The molecule has 1 aromatic rings. The highest BCUT2D eigenvalue weighted by atomic mass is 15.2. The zero-order valence-corrected chi connectivity index (χ0v) is 12.4. The molecule has 1 aromatic heterocycles. The predicted octanol–water partition coefficient (Wildman–Crippen LogP) is 1.98. The van der Waals surface area contributed by atoms with Gasteiger partial charge in [0, 0.05) is 38.1 Å². The van der Waals surface area contributed by atoms with E-state index >= 15 is 0 Å². The summed E-state index contributed by atoms with van der Waals surface area (Å²) in [5.41, 5.74) is 0. The van der Waals surface area contributed by atoms with E-state index in [1.807, 2.05) is 12.5 Å². The molecule has 1 fully saturated rings. The molecule has 2 rings (SSSR count). The van der Waals surface area contributed by atoms with Crippen LogP contribution in [-0.2, 0) is 6.54 Å². The Morgan fingerprint density at radius 1 is 1.32 bits per heavy atom. The van der Waals surface area contributed by atoms with Crippen molar-refractivity contribution in [3.05, 3.63) is 18.7 Å². The number of imidazole rings is 1. The van der Waals surface area contributed by atoms with Gasteiger partial charge in [-0.3, -0.25) is 4.90 Å².